The molecule has 1 heterocycles. The summed E-state index contributed by atoms with van der Waals surface area (Å²) in [5.41, 5.74) is -1.91. The van der Waals surface area contributed by atoms with Gasteiger partial charge in [0.1, 0.15) is 0 Å². The molecule has 2 rings (SSSR count). The summed E-state index contributed by atoms with van der Waals surface area (Å²) in [4.78, 5) is 35.6. The summed E-state index contributed by atoms with van der Waals surface area (Å²) in [6, 6.07) is 7.99. The van der Waals surface area contributed by atoms with Crippen LogP contribution in [0.5, 0.6) is 5.88 Å². The molecule has 0 N–H and O–H groups in total. The minimum atomic E-state index is -0.873. The maximum Gasteiger partial charge on any atom is 0.329 e. The Morgan fingerprint density at radius 1 is 1.05 bits per heavy atom. The van der Waals surface area contributed by atoms with E-state index in [-0.39, 0.29) is 5.56 Å². The highest BCUT2D eigenvalue weighted by Crippen LogP contribution is 2.11. The van der Waals surface area contributed by atoms with Gasteiger partial charge in [0.15, 0.2) is 5.78 Å². The molecule has 0 aliphatic heterocycles. The van der Waals surface area contributed by atoms with Gasteiger partial charge in [-0.1, -0.05) is 30.3 Å². The van der Waals surface area contributed by atoms with Gasteiger partial charge in [-0.2, -0.15) is 0 Å². The van der Waals surface area contributed by atoms with E-state index in [4.69, 9.17) is 0 Å². The summed E-state index contributed by atoms with van der Waals surface area (Å²) in [5, 5.41) is 11.9. The van der Waals surface area contributed by atoms with Crippen LogP contribution in [0.15, 0.2) is 39.9 Å². The summed E-state index contributed by atoms with van der Waals surface area (Å²) in [6.45, 7) is 0. The second-order valence-corrected chi connectivity index (χ2v) is 4.08. The van der Waals surface area contributed by atoms with E-state index in [0.29, 0.717) is 0 Å². The van der Waals surface area contributed by atoms with Gasteiger partial charge in [0, 0.05) is 19.7 Å². The summed E-state index contributed by atoms with van der Waals surface area (Å²) in [7, 11) is 2.46. The smallest absolute Gasteiger partial charge is 0.329 e. The third kappa shape index (κ3) is 1.97. The zero-order valence-corrected chi connectivity index (χ0v) is 10.4. The van der Waals surface area contributed by atoms with E-state index in [2.05, 4.69) is 0 Å². The average molecular weight is 259 g/mol. The fraction of sp³-hybridized carbons (Fsp3) is 0.154. The van der Waals surface area contributed by atoms with Crippen LogP contribution in [0.25, 0.3) is 0 Å². The number of carbonyl (C=O) groups excluding carboxylic acids is 1. The summed E-state index contributed by atoms with van der Waals surface area (Å²) >= 11 is 0. The van der Waals surface area contributed by atoms with Crippen molar-refractivity contribution < 1.29 is 9.90 Å². The Hall–Kier alpha value is -2.63. The summed E-state index contributed by atoms with van der Waals surface area (Å²) in [6.07, 6.45) is 0. The number of nitrogens with zero attached hydrogens (tertiary/aromatic N) is 2. The lowest BCUT2D eigenvalue weighted by Crippen LogP contribution is -2.41. The highest BCUT2D eigenvalue weighted by molar-refractivity contribution is 6.10. The lowest BCUT2D eigenvalue weighted by molar-refractivity contribution is -0.280. The number of benzene rings is 1. The van der Waals surface area contributed by atoms with Gasteiger partial charge in [-0.15, -0.1) is 0 Å². The molecular weight excluding hydrogens is 248 g/mol. The third-order valence-electron chi connectivity index (χ3n) is 2.87. The molecule has 0 bridgehead atoms. The molecule has 0 aliphatic rings. The highest BCUT2D eigenvalue weighted by Gasteiger charge is 2.17. The molecule has 98 valence electrons. The number of hydrogen-bond donors (Lipinski definition) is 0. The molecular formula is C13H11N2O4-. The van der Waals surface area contributed by atoms with E-state index in [0.717, 1.165) is 9.13 Å². The van der Waals surface area contributed by atoms with Gasteiger partial charge in [0.25, 0.3) is 5.56 Å². The van der Waals surface area contributed by atoms with Gasteiger partial charge in [-0.25, -0.2) is 4.79 Å². The lowest BCUT2D eigenvalue weighted by atomic mass is 10.1. The number of ketones is 1. The Kier molecular flexibility index (Phi) is 3.08. The molecule has 0 spiro atoms. The van der Waals surface area contributed by atoms with E-state index in [1.807, 2.05) is 0 Å². The largest absolute Gasteiger partial charge is 0.859 e. The zero-order chi connectivity index (χ0) is 14.2. The SMILES string of the molecule is Cn1c([O-])c(C(=O)c2ccccc2)c(=O)n(C)c1=O. The van der Waals surface area contributed by atoms with E-state index in [9.17, 15) is 19.5 Å². The molecule has 0 amide bonds. The average Bonchev–Trinajstić information content (AvgIpc) is 2.44. The van der Waals surface area contributed by atoms with Crippen molar-refractivity contribution >= 4 is 5.78 Å². The molecule has 0 saturated carbocycles. The van der Waals surface area contributed by atoms with E-state index >= 15 is 0 Å². The minimum Gasteiger partial charge on any atom is -0.859 e. The van der Waals surface area contributed by atoms with Crippen molar-refractivity contribution in [3.8, 4) is 5.88 Å². The molecule has 1 aromatic heterocycles. The molecule has 1 aromatic carbocycles. The summed E-state index contributed by atoms with van der Waals surface area (Å²) < 4.78 is 1.50. The number of rotatable bonds is 2. The Balaban J connectivity index is 2.75. The monoisotopic (exact) mass is 259 g/mol. The third-order valence-corrected chi connectivity index (χ3v) is 2.87. The van der Waals surface area contributed by atoms with Crippen molar-refractivity contribution in [1.82, 2.24) is 9.13 Å². The zero-order valence-electron chi connectivity index (χ0n) is 10.4. The van der Waals surface area contributed by atoms with Crippen molar-refractivity contribution in [2.75, 3.05) is 0 Å². The predicted molar refractivity (Wildman–Crippen MR) is 66.2 cm³/mol. The number of aromatic nitrogens is 2. The maximum atomic E-state index is 12.2. The molecule has 6 heteroatoms. The fourth-order valence-electron chi connectivity index (χ4n) is 1.75. The number of hydrogen-bond acceptors (Lipinski definition) is 4. The highest BCUT2D eigenvalue weighted by atomic mass is 16.3. The maximum absolute atomic E-state index is 12.2. The normalized spacial score (nSPS) is 10.4. The lowest BCUT2D eigenvalue weighted by Gasteiger charge is -2.17. The van der Waals surface area contributed by atoms with Crippen molar-refractivity contribution in [3.05, 3.63) is 62.3 Å². The van der Waals surface area contributed by atoms with Crippen LogP contribution in [-0.4, -0.2) is 14.9 Å². The standard InChI is InChI=1S/C13H12N2O4/c1-14-11(17)9(12(18)15(2)13(14)19)10(16)8-6-4-3-5-7-8/h3-7,17H,1-2H3/p-1. The molecule has 0 fully saturated rings. The van der Waals surface area contributed by atoms with Crippen molar-refractivity contribution in [1.29, 1.82) is 0 Å². The molecule has 0 atom stereocenters. The molecule has 0 saturated heterocycles. The predicted octanol–water partition coefficient (Wildman–Crippen LogP) is -0.611. The van der Waals surface area contributed by atoms with Gasteiger partial charge in [-0.3, -0.25) is 14.2 Å². The number of carbonyl (C=O) groups is 1. The van der Waals surface area contributed by atoms with Gasteiger partial charge in [0.05, 0.1) is 5.56 Å². The van der Waals surface area contributed by atoms with Crippen LogP contribution in [0.4, 0.5) is 0 Å². The molecule has 2 aromatic rings. The Labute approximate surface area is 108 Å². The van der Waals surface area contributed by atoms with E-state index < -0.39 is 28.5 Å². The molecule has 6 nitrogen and oxygen atoms in total. The van der Waals surface area contributed by atoms with Gasteiger partial charge < -0.3 is 9.67 Å². The Bertz CT molecular complexity index is 757. The second-order valence-electron chi connectivity index (χ2n) is 4.08. The van der Waals surface area contributed by atoms with Gasteiger partial charge in [-0.05, 0) is 5.88 Å². The van der Waals surface area contributed by atoms with Crippen molar-refractivity contribution in [2.45, 2.75) is 0 Å². The van der Waals surface area contributed by atoms with Gasteiger partial charge in [0.2, 0.25) is 0 Å². The van der Waals surface area contributed by atoms with Crippen molar-refractivity contribution in [2.24, 2.45) is 14.1 Å². The van der Waals surface area contributed by atoms with Gasteiger partial charge >= 0.3 is 5.69 Å². The first-order valence-electron chi connectivity index (χ1n) is 5.52. The fourth-order valence-corrected chi connectivity index (χ4v) is 1.75. The molecule has 19 heavy (non-hydrogen) atoms. The molecule has 0 aliphatic carbocycles. The van der Waals surface area contributed by atoms with Crippen LogP contribution in [0.2, 0.25) is 0 Å². The first-order valence-corrected chi connectivity index (χ1v) is 5.52. The van der Waals surface area contributed by atoms with Crippen LogP contribution < -0.4 is 16.4 Å². The summed E-state index contributed by atoms with van der Waals surface area (Å²) in [5.74, 6) is -1.55. The quantitative estimate of drug-likeness (QED) is 0.673. The second kappa shape index (κ2) is 4.56. The van der Waals surface area contributed by atoms with E-state index in [1.165, 1.54) is 26.2 Å². The van der Waals surface area contributed by atoms with Crippen molar-refractivity contribution in [3.63, 3.8) is 0 Å². The topological polar surface area (TPSA) is 84.1 Å². The van der Waals surface area contributed by atoms with E-state index in [1.54, 1.807) is 18.2 Å². The van der Waals surface area contributed by atoms with Crippen LogP contribution in [0.3, 0.4) is 0 Å². The van der Waals surface area contributed by atoms with Crippen LogP contribution in [0, 0.1) is 0 Å². The molecule has 0 unspecified atom stereocenters. The minimum absolute atomic E-state index is 0.232. The van der Waals surface area contributed by atoms with Crippen LogP contribution in [0.1, 0.15) is 15.9 Å². The first-order chi connectivity index (χ1) is 8.95. The molecule has 0 radical (unpaired) electrons. The Morgan fingerprint density at radius 2 is 1.63 bits per heavy atom. The Morgan fingerprint density at radius 3 is 2.21 bits per heavy atom. The van der Waals surface area contributed by atoms with Crippen LogP contribution in [-0.2, 0) is 14.1 Å². The first kappa shape index (κ1) is 12.8. The van der Waals surface area contributed by atoms with Crippen LogP contribution >= 0.6 is 0 Å².